The summed E-state index contributed by atoms with van der Waals surface area (Å²) in [6, 6.07) is 102. The number of ether oxygens (including phenoxy) is 1. The van der Waals surface area contributed by atoms with Crippen LogP contribution in [-0.4, -0.2) is 15.1 Å². The molecule has 0 N–H and O–H groups in total. The number of rotatable bonds is 15. The molecule has 12 aromatic carbocycles. The van der Waals surface area contributed by atoms with Crippen molar-refractivity contribution >= 4 is 161 Å². The molecule has 0 saturated carbocycles. The Hall–Kier alpha value is -7.49. The second-order valence-corrected chi connectivity index (χ2v) is 35.9. The van der Waals surface area contributed by atoms with Crippen LogP contribution in [0.4, 0.5) is 0 Å². The Bertz CT molecular complexity index is 4950. The van der Waals surface area contributed by atoms with Crippen LogP contribution in [-0.2, 0) is 23.2 Å². The van der Waals surface area contributed by atoms with E-state index in [9.17, 15) is 0 Å². The first-order valence-corrected chi connectivity index (χ1v) is 41.7. The molecule has 0 aliphatic heterocycles. The minimum Gasteiger partial charge on any atom is -0.0622 e. The van der Waals surface area contributed by atoms with Gasteiger partial charge in [0.2, 0.25) is 0 Å². The Labute approximate surface area is 623 Å². The van der Waals surface area contributed by atoms with E-state index in [1.807, 2.05) is 117 Å². The van der Waals surface area contributed by atoms with Gasteiger partial charge >= 0.3 is 79.9 Å². The second kappa shape index (κ2) is 34.0. The molecule has 14 aromatic rings. The molecule has 0 spiro atoms. The summed E-state index contributed by atoms with van der Waals surface area (Å²) in [5.74, 6) is 1.92. The fraction of sp³-hybridized carbons (Fsp3) is 0.143. The Morgan fingerprint density at radius 2 is 0.670 bits per heavy atom. The molecule has 100 heavy (non-hydrogen) atoms. The van der Waals surface area contributed by atoms with Crippen molar-refractivity contribution in [1.29, 1.82) is 0 Å². The largest absolute Gasteiger partial charge is 0.0622 e. The minimum atomic E-state index is -1.98. The van der Waals surface area contributed by atoms with Gasteiger partial charge in [-0.05, 0) is 125 Å². The molecule has 0 atom stereocenters. The third-order valence-electron chi connectivity index (χ3n) is 16.9. The molecule has 0 fully saturated rings. The topological polar surface area (TPSA) is 80.2 Å². The number of benzene rings is 12. The Balaban J connectivity index is 0.000000185. The van der Waals surface area contributed by atoms with Crippen molar-refractivity contribution in [1.82, 2.24) is 0 Å². The molecule has 0 saturated heterocycles. The minimum absolute atomic E-state index is 0.329. The van der Waals surface area contributed by atoms with E-state index >= 15 is 0 Å². The molecule has 16 heteroatoms. The van der Waals surface area contributed by atoms with Gasteiger partial charge in [-0.15, -0.1) is 0 Å². The van der Waals surface area contributed by atoms with Crippen molar-refractivity contribution in [2.45, 2.75) is 71.6 Å². The number of para-hydroxylation sites is 4. The van der Waals surface area contributed by atoms with Gasteiger partial charge in [0.1, 0.15) is 39.6 Å². The van der Waals surface area contributed by atoms with Gasteiger partial charge < -0.3 is 30.6 Å². The zero-order valence-corrected chi connectivity index (χ0v) is 65.8. The Morgan fingerprint density at radius 1 is 0.370 bits per heavy atom. The average Bonchev–Trinajstić information content (AvgIpc) is 0.922. The van der Waals surface area contributed by atoms with Crippen molar-refractivity contribution in [3.63, 3.8) is 0 Å². The predicted octanol–water partition coefficient (Wildman–Crippen LogP) is 25.4. The third kappa shape index (κ3) is 17.7. The van der Waals surface area contributed by atoms with Gasteiger partial charge in [0.05, 0.1) is 7.11 Å². The quantitative estimate of drug-likeness (QED) is 0.0575. The average molecular weight is 1630 g/mol. The van der Waals surface area contributed by atoms with E-state index in [0.29, 0.717) is 39.6 Å². The molecule has 0 aliphatic carbocycles. The van der Waals surface area contributed by atoms with Crippen LogP contribution in [0.5, 0.6) is 17.2 Å². The maximum Gasteiger partial charge on any atom is 0.00136 e. The summed E-state index contributed by atoms with van der Waals surface area (Å²) in [5.41, 5.74) is 12.1. The van der Waals surface area contributed by atoms with E-state index in [1.165, 1.54) is 43.5 Å². The van der Waals surface area contributed by atoms with E-state index in [2.05, 4.69) is 275 Å². The first-order chi connectivity index (χ1) is 48.6. The summed E-state index contributed by atoms with van der Waals surface area (Å²) in [6.07, 6.45) is 2.03. The van der Waals surface area contributed by atoms with Crippen LogP contribution in [0.3, 0.4) is 0 Å². The number of hydrogen-bond acceptors (Lipinski definition) is 7. The van der Waals surface area contributed by atoms with Crippen LogP contribution < -0.4 is 35.0 Å². The van der Waals surface area contributed by atoms with Gasteiger partial charge in [-0.3, -0.25) is 0 Å². The first-order valence-electron chi connectivity index (χ1n) is 33.0. The summed E-state index contributed by atoms with van der Waals surface area (Å²) < 4.78 is 50.6. The number of methoxy groups -OCH3 is 1. The Morgan fingerprint density at radius 3 is 0.990 bits per heavy atom. The first kappa shape index (κ1) is 72.3. The van der Waals surface area contributed by atoms with Crippen LogP contribution in [0.25, 0.3) is 66.1 Å². The summed E-state index contributed by atoms with van der Waals surface area (Å²) in [7, 11) is -1.65. The zero-order chi connectivity index (χ0) is 69.6. The molecule has 0 radical (unpaired) electrons. The molecule has 500 valence electrons. The summed E-state index contributed by atoms with van der Waals surface area (Å²) >= 11 is 4.38. The zero-order valence-electron chi connectivity index (χ0n) is 57.1. The molecule has 0 bridgehead atoms. The van der Waals surface area contributed by atoms with Crippen molar-refractivity contribution in [2.24, 2.45) is 0 Å². The van der Waals surface area contributed by atoms with Gasteiger partial charge in [0.15, 0.2) is 0 Å². The second-order valence-electron chi connectivity index (χ2n) is 25.9. The van der Waals surface area contributed by atoms with Gasteiger partial charge in [-0.1, -0.05) is 290 Å². The van der Waals surface area contributed by atoms with E-state index in [-0.39, 0.29) is 10.8 Å². The van der Waals surface area contributed by atoms with E-state index < -0.39 is 32.3 Å². The fourth-order valence-electron chi connectivity index (χ4n) is 12.2. The smallest absolute Gasteiger partial charge is 0.00136 e. The van der Waals surface area contributed by atoms with Gasteiger partial charge in [-0.2, -0.15) is 0 Å². The van der Waals surface area contributed by atoms with Gasteiger partial charge in [-0.25, -0.2) is 0 Å². The van der Waals surface area contributed by atoms with E-state index in [4.69, 9.17) is 30.6 Å². The molecular weight excluding hydrogens is 1550 g/mol. The monoisotopic (exact) mass is 1630 g/mol. The molecule has 2 heterocycles. The standard InChI is InChI=1S/C46H44O7P2.C38H32P2.B2I2S/c1-29-25-35(43(37(26-29)45(2,3)4)52-54-48-39-21-13-9-17-31(39)32-18-10-14-22-40(32)49-54)36-27-30(47-8)28-38(46(5,6)7)44(36)53-55-50-41-23-15-11-19-33(41)34-20-12-16-24-42(34)51-55;1-5-19-33(20-6-1)39(34-21-7-2-8-22-34)29-31-17-13-15-27-37(31)38-28-16-14-18-32(38)30-40(35-23-9-3-10-24-35)36-25-11-4-12-26-36;3-1-5-2-4/h9-28H,1-8H3;1-28H,29-30H2;. The maximum atomic E-state index is 7.07. The molecule has 0 amide bonds. The van der Waals surface area contributed by atoms with Crippen LogP contribution in [0.2, 0.25) is 0 Å². The number of hydrogen-bond donors (Lipinski definition) is 0. The van der Waals surface area contributed by atoms with Gasteiger partial charge in [0.25, 0.3) is 0 Å². The maximum absolute atomic E-state index is 7.07. The molecule has 14 rings (SSSR count). The number of halogens is 2. The number of aryl methyl sites for hydroxylation is 1. The summed E-state index contributed by atoms with van der Waals surface area (Å²) in [5, 5.41) is 9.45. The van der Waals surface area contributed by atoms with Crippen LogP contribution >= 0.6 is 87.7 Å². The summed E-state index contributed by atoms with van der Waals surface area (Å²) in [4.78, 5) is 0. The third-order valence-corrected chi connectivity index (χ3v) is 26.0. The molecule has 0 unspecified atom stereocenters. The fourth-order valence-corrected chi connectivity index (χ4v) is 21.6. The normalized spacial score (nSPS) is 11.3. The summed E-state index contributed by atoms with van der Waals surface area (Å²) in [6.45, 7) is 15.1. The molecule has 0 aliphatic rings. The van der Waals surface area contributed by atoms with E-state index in [1.54, 1.807) is 17.7 Å². The van der Waals surface area contributed by atoms with E-state index in [0.717, 1.165) is 61.7 Å². The van der Waals surface area contributed by atoms with Crippen molar-refractivity contribution < 1.29 is 30.6 Å². The molecule has 7 nitrogen and oxygen atoms in total. The van der Waals surface area contributed by atoms with Crippen molar-refractivity contribution in [3.05, 3.63) is 319 Å². The van der Waals surface area contributed by atoms with Crippen LogP contribution in [0.1, 0.15) is 69.4 Å². The SMILES string of the molecule is COc1cc(-c2cc(C)cc(C(C)(C)C)c2Op2oc3ccccc3c3ccccc3o2)c(Op2oc3ccccc3c3ccccc3o2)c(C(C)(C)C)c1.IB=S=BI.c1ccc(P(Cc2ccccc2-c2ccccc2CP(c2ccccc2)c2ccccc2)c2ccccc2)cc1. The van der Waals surface area contributed by atoms with Crippen LogP contribution in [0, 0.1) is 6.92 Å². The predicted molar refractivity (Wildman–Crippen MR) is 450 cm³/mol. The molecular formula is C84H76B2I2O7P4S. The van der Waals surface area contributed by atoms with Crippen LogP contribution in [0.15, 0.2) is 308 Å². The number of fused-ring (bicyclic) bond motifs is 6. The van der Waals surface area contributed by atoms with Crippen molar-refractivity contribution in [3.8, 4) is 39.5 Å². The molecule has 2 aromatic heterocycles. The van der Waals surface area contributed by atoms with Gasteiger partial charge in [0, 0.05) is 56.1 Å². The van der Waals surface area contributed by atoms with Crippen molar-refractivity contribution in [2.75, 3.05) is 7.11 Å². The Kier molecular flexibility index (Phi) is 24.6.